The minimum absolute atomic E-state index is 0.104. The molecule has 2 saturated carbocycles. The van der Waals surface area contributed by atoms with E-state index in [1.807, 2.05) is 30.3 Å². The van der Waals surface area contributed by atoms with Gasteiger partial charge in [-0.3, -0.25) is 4.79 Å². The first-order valence-corrected chi connectivity index (χ1v) is 7.99. The number of amides is 1. The van der Waals surface area contributed by atoms with Gasteiger partial charge in [0.2, 0.25) is 5.91 Å². The van der Waals surface area contributed by atoms with E-state index < -0.39 is 5.92 Å². The van der Waals surface area contributed by atoms with Crippen LogP contribution in [-0.4, -0.2) is 12.5 Å². The molecular formula is C18H22N2O. The Hall–Kier alpha value is -1.82. The molecule has 0 spiro atoms. The van der Waals surface area contributed by atoms with E-state index in [1.165, 1.54) is 25.7 Å². The Bertz CT molecular complexity index is 514. The lowest BCUT2D eigenvalue weighted by Gasteiger charge is -2.17. The third-order valence-electron chi connectivity index (χ3n) is 4.72. The molecular weight excluding hydrogens is 260 g/mol. The van der Waals surface area contributed by atoms with Gasteiger partial charge in [0.25, 0.3) is 0 Å². The lowest BCUT2D eigenvalue weighted by atomic mass is 9.96. The Labute approximate surface area is 126 Å². The zero-order valence-electron chi connectivity index (χ0n) is 12.3. The van der Waals surface area contributed by atoms with Crippen molar-refractivity contribution in [3.8, 4) is 6.07 Å². The van der Waals surface area contributed by atoms with Crippen molar-refractivity contribution in [3.05, 3.63) is 35.9 Å². The smallest absolute Gasteiger partial charge is 0.237 e. The monoisotopic (exact) mass is 282 g/mol. The third kappa shape index (κ3) is 3.85. The van der Waals surface area contributed by atoms with E-state index in [-0.39, 0.29) is 5.91 Å². The van der Waals surface area contributed by atoms with Gasteiger partial charge in [0, 0.05) is 6.54 Å². The van der Waals surface area contributed by atoms with Gasteiger partial charge in [-0.25, -0.2) is 0 Å². The molecule has 21 heavy (non-hydrogen) atoms. The molecule has 3 heteroatoms. The summed E-state index contributed by atoms with van der Waals surface area (Å²) >= 11 is 0. The van der Waals surface area contributed by atoms with Crippen LogP contribution >= 0.6 is 0 Å². The molecule has 0 radical (unpaired) electrons. The van der Waals surface area contributed by atoms with Crippen LogP contribution in [0.1, 0.15) is 31.2 Å². The number of carbonyl (C=O) groups is 1. The maximum atomic E-state index is 12.2. The molecule has 0 saturated heterocycles. The molecule has 1 unspecified atom stereocenters. The van der Waals surface area contributed by atoms with Gasteiger partial charge in [0.05, 0.1) is 6.07 Å². The first kappa shape index (κ1) is 14.1. The van der Waals surface area contributed by atoms with Crippen molar-refractivity contribution >= 4 is 5.91 Å². The first-order valence-electron chi connectivity index (χ1n) is 7.99. The summed E-state index contributed by atoms with van der Waals surface area (Å²) in [6.45, 7) is 0.765. The molecule has 1 aromatic rings. The van der Waals surface area contributed by atoms with E-state index in [0.29, 0.717) is 12.3 Å². The summed E-state index contributed by atoms with van der Waals surface area (Å²) in [4.78, 5) is 12.2. The first-order chi connectivity index (χ1) is 10.3. The Morgan fingerprint density at radius 1 is 1.19 bits per heavy atom. The summed E-state index contributed by atoms with van der Waals surface area (Å²) in [5.74, 6) is 1.63. The van der Waals surface area contributed by atoms with Gasteiger partial charge in [-0.15, -0.1) is 0 Å². The fourth-order valence-electron chi connectivity index (χ4n) is 3.16. The van der Waals surface area contributed by atoms with Crippen molar-refractivity contribution in [2.45, 2.75) is 32.1 Å². The van der Waals surface area contributed by atoms with E-state index in [9.17, 15) is 10.1 Å². The van der Waals surface area contributed by atoms with E-state index in [4.69, 9.17) is 0 Å². The van der Waals surface area contributed by atoms with E-state index in [0.717, 1.165) is 23.9 Å². The van der Waals surface area contributed by atoms with Gasteiger partial charge in [-0.1, -0.05) is 30.3 Å². The summed E-state index contributed by atoms with van der Waals surface area (Å²) < 4.78 is 0. The van der Waals surface area contributed by atoms with E-state index in [2.05, 4.69) is 11.4 Å². The average Bonchev–Trinajstić information content (AvgIpc) is 3.38. The highest BCUT2D eigenvalue weighted by atomic mass is 16.1. The summed E-state index contributed by atoms with van der Waals surface area (Å²) in [7, 11) is 0. The number of nitrogens with zero attached hydrogens (tertiary/aromatic N) is 1. The molecule has 110 valence electrons. The Morgan fingerprint density at radius 3 is 2.33 bits per heavy atom. The van der Waals surface area contributed by atoms with Crippen molar-refractivity contribution in [1.82, 2.24) is 5.32 Å². The quantitative estimate of drug-likeness (QED) is 0.836. The molecule has 3 nitrogen and oxygen atoms in total. The second-order valence-corrected chi connectivity index (χ2v) is 6.46. The largest absolute Gasteiger partial charge is 0.355 e. The minimum atomic E-state index is -0.577. The van der Waals surface area contributed by atoms with Gasteiger partial charge in [-0.05, 0) is 55.4 Å². The van der Waals surface area contributed by atoms with Crippen LogP contribution in [0.2, 0.25) is 0 Å². The van der Waals surface area contributed by atoms with Crippen LogP contribution in [0.25, 0.3) is 0 Å². The van der Waals surface area contributed by atoms with Crippen LogP contribution in [0.5, 0.6) is 0 Å². The molecule has 2 fully saturated rings. The summed E-state index contributed by atoms with van der Waals surface area (Å²) in [6, 6.07) is 11.9. The number of rotatable bonds is 7. The predicted molar refractivity (Wildman–Crippen MR) is 81.2 cm³/mol. The van der Waals surface area contributed by atoms with Crippen molar-refractivity contribution in [1.29, 1.82) is 5.26 Å². The van der Waals surface area contributed by atoms with E-state index >= 15 is 0 Å². The fraction of sp³-hybridized carbons (Fsp3) is 0.556. The lowest BCUT2D eigenvalue weighted by molar-refractivity contribution is -0.123. The molecule has 2 aliphatic rings. The van der Waals surface area contributed by atoms with Gasteiger partial charge in [-0.2, -0.15) is 5.26 Å². The molecule has 0 heterocycles. The molecule has 1 N–H and O–H groups in total. The number of nitriles is 1. The summed E-state index contributed by atoms with van der Waals surface area (Å²) in [5, 5.41) is 12.3. The maximum absolute atomic E-state index is 12.2. The molecule has 0 bridgehead atoms. The number of benzene rings is 1. The second-order valence-electron chi connectivity index (χ2n) is 6.46. The predicted octanol–water partition coefficient (Wildman–Crippen LogP) is 2.92. The zero-order valence-corrected chi connectivity index (χ0v) is 12.3. The van der Waals surface area contributed by atoms with Crippen molar-refractivity contribution in [3.63, 3.8) is 0 Å². The second kappa shape index (κ2) is 6.30. The highest BCUT2D eigenvalue weighted by Crippen LogP contribution is 2.48. The molecule has 2 aliphatic carbocycles. The molecule has 0 aromatic heterocycles. The number of hydrogen-bond donors (Lipinski definition) is 1. The zero-order chi connectivity index (χ0) is 14.7. The van der Waals surface area contributed by atoms with Gasteiger partial charge in [0.15, 0.2) is 0 Å². The Morgan fingerprint density at radius 2 is 1.81 bits per heavy atom. The van der Waals surface area contributed by atoms with Crippen molar-refractivity contribution in [2.24, 2.45) is 23.7 Å². The van der Waals surface area contributed by atoms with Gasteiger partial charge >= 0.3 is 0 Å². The van der Waals surface area contributed by atoms with Crippen molar-refractivity contribution < 1.29 is 4.79 Å². The molecule has 3 rings (SSSR count). The van der Waals surface area contributed by atoms with Crippen LogP contribution in [0.15, 0.2) is 30.3 Å². The van der Waals surface area contributed by atoms with Gasteiger partial charge in [0.1, 0.15) is 5.92 Å². The van der Waals surface area contributed by atoms with E-state index in [1.54, 1.807) is 0 Å². The molecule has 0 aliphatic heterocycles. The standard InChI is InChI=1S/C18H22N2O/c19-11-16(10-13-4-2-1-3-5-13)18(21)20-12-17(14-6-7-14)15-8-9-15/h1-5,14-17H,6-10,12H2,(H,20,21). The summed E-state index contributed by atoms with van der Waals surface area (Å²) in [6.07, 6.45) is 5.79. The Kier molecular flexibility index (Phi) is 4.24. The summed E-state index contributed by atoms with van der Waals surface area (Å²) in [5.41, 5.74) is 1.04. The Balaban J connectivity index is 1.51. The van der Waals surface area contributed by atoms with Crippen LogP contribution < -0.4 is 5.32 Å². The number of hydrogen-bond acceptors (Lipinski definition) is 2. The maximum Gasteiger partial charge on any atom is 0.237 e. The van der Waals surface area contributed by atoms with Crippen LogP contribution in [0.4, 0.5) is 0 Å². The fourth-order valence-corrected chi connectivity index (χ4v) is 3.16. The molecule has 1 aromatic carbocycles. The highest BCUT2D eigenvalue weighted by Gasteiger charge is 2.41. The SMILES string of the molecule is N#CC(Cc1ccccc1)C(=O)NCC(C1CC1)C1CC1. The number of nitrogens with one attached hydrogen (secondary N) is 1. The topological polar surface area (TPSA) is 52.9 Å². The average molecular weight is 282 g/mol. The van der Waals surface area contributed by atoms with Gasteiger partial charge < -0.3 is 5.32 Å². The molecule has 1 atom stereocenters. The third-order valence-corrected chi connectivity index (χ3v) is 4.72. The van der Waals surface area contributed by atoms with Crippen LogP contribution in [0.3, 0.4) is 0 Å². The number of carbonyl (C=O) groups excluding carboxylic acids is 1. The normalized spacial score (nSPS) is 19.0. The molecule has 1 amide bonds. The van der Waals surface area contributed by atoms with Crippen LogP contribution in [-0.2, 0) is 11.2 Å². The minimum Gasteiger partial charge on any atom is -0.355 e. The lowest BCUT2D eigenvalue weighted by Crippen LogP contribution is -2.36. The van der Waals surface area contributed by atoms with Crippen LogP contribution in [0, 0.1) is 35.0 Å². The highest BCUT2D eigenvalue weighted by molar-refractivity contribution is 5.81. The van der Waals surface area contributed by atoms with Crippen molar-refractivity contribution in [2.75, 3.05) is 6.54 Å².